The number of benzene rings is 1. The number of hydrogen-bond acceptors (Lipinski definition) is 3. The number of H-pyrrole nitrogens is 1. The van der Waals surface area contributed by atoms with Gasteiger partial charge in [0, 0.05) is 17.6 Å². The second-order valence-electron chi connectivity index (χ2n) is 3.74. The summed E-state index contributed by atoms with van der Waals surface area (Å²) < 4.78 is 0. The third-order valence-corrected chi connectivity index (χ3v) is 2.54. The first-order valence-corrected chi connectivity index (χ1v) is 5.86. The van der Waals surface area contributed by atoms with Crippen LogP contribution in [0.5, 0.6) is 0 Å². The van der Waals surface area contributed by atoms with Gasteiger partial charge >= 0.3 is 6.03 Å². The van der Waals surface area contributed by atoms with E-state index in [4.69, 9.17) is 11.6 Å². The first kappa shape index (κ1) is 13.1. The van der Waals surface area contributed by atoms with E-state index in [2.05, 4.69) is 20.8 Å². The van der Waals surface area contributed by atoms with Gasteiger partial charge in [0.05, 0.1) is 0 Å². The average Bonchev–Trinajstić information content (AvgIpc) is 2.41. The van der Waals surface area contributed by atoms with Gasteiger partial charge < -0.3 is 5.32 Å². The lowest BCUT2D eigenvalue weighted by Crippen LogP contribution is -2.29. The van der Waals surface area contributed by atoms with Gasteiger partial charge in [-0.05, 0) is 23.8 Å². The van der Waals surface area contributed by atoms with Crippen LogP contribution in [0.25, 0.3) is 0 Å². The maximum absolute atomic E-state index is 11.6. The smallest absolute Gasteiger partial charge is 0.320 e. The highest BCUT2D eigenvalue weighted by Crippen LogP contribution is 2.09. The van der Waals surface area contributed by atoms with E-state index in [1.807, 2.05) is 12.1 Å². The molecule has 2 rings (SSSR count). The van der Waals surface area contributed by atoms with Crippen molar-refractivity contribution in [2.45, 2.75) is 6.54 Å². The minimum atomic E-state index is -0.408. The molecule has 0 unspecified atom stereocenters. The van der Waals surface area contributed by atoms with Gasteiger partial charge in [0.15, 0.2) is 5.82 Å². The molecule has 0 saturated heterocycles. The molecule has 0 aliphatic carbocycles. The van der Waals surface area contributed by atoms with Gasteiger partial charge in [-0.15, -0.1) is 0 Å². The van der Waals surface area contributed by atoms with Crippen molar-refractivity contribution < 1.29 is 4.79 Å². The van der Waals surface area contributed by atoms with Crippen LogP contribution in [0.2, 0.25) is 5.02 Å². The van der Waals surface area contributed by atoms with E-state index in [9.17, 15) is 9.59 Å². The second-order valence-corrected chi connectivity index (χ2v) is 4.18. The Morgan fingerprint density at radius 2 is 1.95 bits per heavy atom. The molecule has 1 heterocycles. The fourth-order valence-corrected chi connectivity index (χ4v) is 1.49. The largest absolute Gasteiger partial charge is 0.334 e. The van der Waals surface area contributed by atoms with Crippen molar-refractivity contribution in [2.24, 2.45) is 0 Å². The molecule has 1 aromatic carbocycles. The summed E-state index contributed by atoms with van der Waals surface area (Å²) in [7, 11) is 0. The molecule has 0 aliphatic heterocycles. The van der Waals surface area contributed by atoms with Gasteiger partial charge in [0.25, 0.3) is 5.56 Å². The molecular formula is C12H11ClN4O2. The number of rotatable bonds is 3. The van der Waals surface area contributed by atoms with Crippen molar-refractivity contribution in [3.05, 3.63) is 57.3 Å². The molecule has 6 nitrogen and oxygen atoms in total. The molecule has 7 heteroatoms. The van der Waals surface area contributed by atoms with Crippen LogP contribution in [0.4, 0.5) is 10.6 Å². The number of carbonyl (C=O) groups excluding carboxylic acids is 1. The molecule has 0 spiro atoms. The molecule has 0 radical (unpaired) electrons. The number of hydrogen-bond donors (Lipinski definition) is 3. The predicted octanol–water partition coefficient (Wildman–Crippen LogP) is 1.74. The Morgan fingerprint density at radius 3 is 2.58 bits per heavy atom. The van der Waals surface area contributed by atoms with Crippen LogP contribution in [-0.4, -0.2) is 16.2 Å². The van der Waals surface area contributed by atoms with Gasteiger partial charge in [0.1, 0.15) is 0 Å². The van der Waals surface area contributed by atoms with Crippen LogP contribution in [0, 0.1) is 0 Å². The molecule has 1 aromatic heterocycles. The third kappa shape index (κ3) is 4.11. The molecule has 3 N–H and O–H groups in total. The Bertz CT molecular complexity index is 604. The number of nitrogens with zero attached hydrogens (tertiary/aromatic N) is 1. The van der Waals surface area contributed by atoms with Gasteiger partial charge in [-0.3, -0.25) is 10.1 Å². The summed E-state index contributed by atoms with van der Waals surface area (Å²) in [5.41, 5.74) is 0.598. The average molecular weight is 279 g/mol. The quantitative estimate of drug-likeness (QED) is 0.799. The minimum absolute atomic E-state index is 0.271. The van der Waals surface area contributed by atoms with E-state index >= 15 is 0 Å². The van der Waals surface area contributed by atoms with Crippen molar-refractivity contribution in [1.82, 2.24) is 15.5 Å². The van der Waals surface area contributed by atoms with Crippen LogP contribution in [-0.2, 0) is 6.54 Å². The van der Waals surface area contributed by atoms with Crippen LogP contribution in [0.3, 0.4) is 0 Å². The van der Waals surface area contributed by atoms with Gasteiger partial charge in [0.2, 0.25) is 0 Å². The molecule has 2 aromatic rings. The number of anilines is 1. The number of aromatic amines is 1. The standard InChI is InChI=1S/C12H11ClN4O2/c13-9-3-1-8(2-4-9)7-14-12(19)15-10-5-6-11(18)17-16-10/h1-6H,7H2,(H,17,18)(H2,14,15,16,19). The molecule has 98 valence electrons. The summed E-state index contributed by atoms with van der Waals surface area (Å²) in [6.45, 7) is 0.367. The lowest BCUT2D eigenvalue weighted by Gasteiger charge is -2.06. The van der Waals surface area contributed by atoms with Crippen LogP contribution < -0.4 is 16.2 Å². The van der Waals surface area contributed by atoms with E-state index in [-0.39, 0.29) is 11.4 Å². The highest BCUT2D eigenvalue weighted by molar-refractivity contribution is 6.30. The molecule has 0 atom stereocenters. The Labute approximate surface area is 113 Å². The van der Waals surface area contributed by atoms with Crippen LogP contribution in [0.15, 0.2) is 41.2 Å². The first-order chi connectivity index (χ1) is 9.13. The summed E-state index contributed by atoms with van der Waals surface area (Å²) in [5, 5.41) is 11.7. The normalized spacial score (nSPS) is 9.95. The maximum atomic E-state index is 11.6. The highest BCUT2D eigenvalue weighted by atomic mass is 35.5. The minimum Gasteiger partial charge on any atom is -0.334 e. The lowest BCUT2D eigenvalue weighted by molar-refractivity contribution is 0.251. The fraction of sp³-hybridized carbons (Fsp3) is 0.0833. The number of halogens is 1. The molecule has 0 fully saturated rings. The zero-order valence-corrected chi connectivity index (χ0v) is 10.6. The van der Waals surface area contributed by atoms with Crippen molar-refractivity contribution in [1.29, 1.82) is 0 Å². The molecule has 0 bridgehead atoms. The van der Waals surface area contributed by atoms with Gasteiger partial charge in [-0.1, -0.05) is 23.7 Å². The number of aromatic nitrogens is 2. The summed E-state index contributed by atoms with van der Waals surface area (Å²) in [6.07, 6.45) is 0. The number of nitrogens with one attached hydrogen (secondary N) is 3. The Morgan fingerprint density at radius 1 is 1.21 bits per heavy atom. The molecule has 19 heavy (non-hydrogen) atoms. The maximum Gasteiger partial charge on any atom is 0.320 e. The summed E-state index contributed by atoms with van der Waals surface area (Å²) in [4.78, 5) is 22.3. The molecule has 0 aliphatic rings. The number of carbonyl (C=O) groups is 1. The van der Waals surface area contributed by atoms with E-state index in [0.29, 0.717) is 11.6 Å². The molecular weight excluding hydrogens is 268 g/mol. The predicted molar refractivity (Wildman–Crippen MR) is 72.2 cm³/mol. The fourth-order valence-electron chi connectivity index (χ4n) is 1.36. The highest BCUT2D eigenvalue weighted by Gasteiger charge is 2.02. The van der Waals surface area contributed by atoms with Crippen LogP contribution in [0.1, 0.15) is 5.56 Å². The zero-order chi connectivity index (χ0) is 13.7. The number of amides is 2. The number of urea groups is 1. The third-order valence-electron chi connectivity index (χ3n) is 2.29. The molecule has 2 amide bonds. The van der Waals surface area contributed by atoms with Crippen molar-refractivity contribution in [3.63, 3.8) is 0 Å². The van der Waals surface area contributed by atoms with E-state index in [0.717, 1.165) is 5.56 Å². The molecule has 0 saturated carbocycles. The Balaban J connectivity index is 1.86. The van der Waals surface area contributed by atoms with Crippen molar-refractivity contribution in [2.75, 3.05) is 5.32 Å². The van der Waals surface area contributed by atoms with Gasteiger partial charge in [-0.2, -0.15) is 5.10 Å². The topological polar surface area (TPSA) is 86.9 Å². The van der Waals surface area contributed by atoms with Crippen molar-refractivity contribution >= 4 is 23.4 Å². The zero-order valence-electron chi connectivity index (χ0n) is 9.81. The summed E-state index contributed by atoms with van der Waals surface area (Å²) in [6, 6.07) is 9.43. The Kier molecular flexibility index (Phi) is 4.15. The SMILES string of the molecule is O=C(NCc1ccc(Cl)cc1)Nc1ccc(=O)[nH]n1. The van der Waals surface area contributed by atoms with Gasteiger partial charge in [-0.25, -0.2) is 9.89 Å². The first-order valence-electron chi connectivity index (χ1n) is 5.48. The van der Waals surface area contributed by atoms with E-state index < -0.39 is 6.03 Å². The van der Waals surface area contributed by atoms with Crippen molar-refractivity contribution in [3.8, 4) is 0 Å². The lowest BCUT2D eigenvalue weighted by atomic mass is 10.2. The van der Waals surface area contributed by atoms with E-state index in [1.54, 1.807) is 12.1 Å². The van der Waals surface area contributed by atoms with Crippen LogP contribution >= 0.6 is 11.6 Å². The van der Waals surface area contributed by atoms with E-state index in [1.165, 1.54) is 12.1 Å². The second kappa shape index (κ2) is 6.01. The summed E-state index contributed by atoms with van der Waals surface area (Å²) in [5.74, 6) is 0.271. The summed E-state index contributed by atoms with van der Waals surface area (Å²) >= 11 is 5.76. The monoisotopic (exact) mass is 278 g/mol. The Hall–Kier alpha value is -2.34.